The number of benzene rings is 1. The largest absolute Gasteiger partial charge is 0.355 e. The first kappa shape index (κ1) is 18.6. The zero-order valence-electron chi connectivity index (χ0n) is 13.7. The lowest BCUT2D eigenvalue weighted by Crippen LogP contribution is -2.31. The minimum atomic E-state index is -0.569. The van der Waals surface area contributed by atoms with Crippen molar-refractivity contribution in [2.24, 2.45) is 0 Å². The van der Waals surface area contributed by atoms with E-state index in [0.717, 1.165) is 0 Å². The van der Waals surface area contributed by atoms with E-state index in [9.17, 15) is 14.9 Å². The SMILES string of the molecule is CCN(CC)c1ncnc(NNC(=O)c2ccccc2Br)c1[N+](=O)[O-]. The second-order valence-electron chi connectivity index (χ2n) is 4.88. The molecule has 0 atom stereocenters. The monoisotopic (exact) mass is 408 g/mol. The van der Waals surface area contributed by atoms with Crippen molar-refractivity contribution in [2.75, 3.05) is 23.4 Å². The third-order valence-corrected chi connectivity index (χ3v) is 4.15. The number of amides is 1. The number of carbonyl (C=O) groups excluding carboxylic acids is 1. The highest BCUT2D eigenvalue weighted by Gasteiger charge is 2.26. The fourth-order valence-electron chi connectivity index (χ4n) is 2.21. The molecule has 0 radical (unpaired) electrons. The van der Waals surface area contributed by atoms with Crippen molar-refractivity contribution >= 4 is 39.2 Å². The molecule has 10 heteroatoms. The average Bonchev–Trinajstić information content (AvgIpc) is 2.61. The minimum absolute atomic E-state index is 0.0812. The Balaban J connectivity index is 2.28. The van der Waals surface area contributed by atoms with Crippen LogP contribution in [0.2, 0.25) is 0 Å². The molecule has 0 aliphatic rings. The van der Waals surface area contributed by atoms with Crippen LogP contribution in [-0.4, -0.2) is 33.9 Å². The summed E-state index contributed by atoms with van der Waals surface area (Å²) in [7, 11) is 0. The normalized spacial score (nSPS) is 10.2. The molecule has 25 heavy (non-hydrogen) atoms. The van der Waals surface area contributed by atoms with Gasteiger partial charge in [-0.25, -0.2) is 9.97 Å². The third kappa shape index (κ3) is 4.21. The van der Waals surface area contributed by atoms with Crippen molar-refractivity contribution in [3.63, 3.8) is 0 Å². The summed E-state index contributed by atoms with van der Waals surface area (Å²) in [5, 5.41) is 11.5. The predicted molar refractivity (Wildman–Crippen MR) is 97.5 cm³/mol. The molecule has 2 aromatic rings. The molecule has 0 fully saturated rings. The Morgan fingerprint density at radius 2 is 1.96 bits per heavy atom. The van der Waals surface area contributed by atoms with Crippen molar-refractivity contribution in [3.8, 4) is 0 Å². The van der Waals surface area contributed by atoms with Gasteiger partial charge >= 0.3 is 5.69 Å². The number of nitrogens with one attached hydrogen (secondary N) is 2. The molecule has 0 bridgehead atoms. The van der Waals surface area contributed by atoms with Gasteiger partial charge in [0.15, 0.2) is 0 Å². The van der Waals surface area contributed by atoms with E-state index < -0.39 is 10.8 Å². The van der Waals surface area contributed by atoms with Crippen LogP contribution in [0.15, 0.2) is 35.1 Å². The van der Waals surface area contributed by atoms with Gasteiger partial charge in [-0.05, 0) is 41.9 Å². The average molecular weight is 409 g/mol. The lowest BCUT2D eigenvalue weighted by atomic mass is 10.2. The van der Waals surface area contributed by atoms with Gasteiger partial charge in [0.1, 0.15) is 6.33 Å². The Labute approximate surface area is 152 Å². The zero-order chi connectivity index (χ0) is 18.4. The fraction of sp³-hybridized carbons (Fsp3) is 0.267. The van der Waals surface area contributed by atoms with E-state index >= 15 is 0 Å². The minimum Gasteiger partial charge on any atom is -0.351 e. The number of aromatic nitrogens is 2. The molecule has 0 aliphatic heterocycles. The highest BCUT2D eigenvalue weighted by molar-refractivity contribution is 9.10. The topological polar surface area (TPSA) is 113 Å². The van der Waals surface area contributed by atoms with Crippen LogP contribution in [-0.2, 0) is 0 Å². The Morgan fingerprint density at radius 3 is 2.56 bits per heavy atom. The van der Waals surface area contributed by atoms with Gasteiger partial charge < -0.3 is 4.90 Å². The number of carbonyl (C=O) groups is 1. The zero-order valence-corrected chi connectivity index (χ0v) is 15.3. The maximum Gasteiger partial charge on any atom is 0.355 e. The first-order valence-corrected chi connectivity index (χ1v) is 8.34. The second-order valence-corrected chi connectivity index (χ2v) is 5.74. The third-order valence-electron chi connectivity index (χ3n) is 3.46. The number of anilines is 2. The molecule has 0 saturated heterocycles. The summed E-state index contributed by atoms with van der Waals surface area (Å²) >= 11 is 3.28. The first-order chi connectivity index (χ1) is 12.0. The summed E-state index contributed by atoms with van der Waals surface area (Å²) in [5.74, 6) is -0.338. The number of hydrogen-bond donors (Lipinski definition) is 2. The summed E-state index contributed by atoms with van der Waals surface area (Å²) in [5.41, 5.74) is 5.04. The Bertz CT molecular complexity index is 782. The number of nitro groups is 1. The van der Waals surface area contributed by atoms with Crippen molar-refractivity contribution in [1.29, 1.82) is 0 Å². The molecular formula is C15H17BrN6O3. The molecule has 1 amide bonds. The van der Waals surface area contributed by atoms with Gasteiger partial charge in [0, 0.05) is 17.6 Å². The van der Waals surface area contributed by atoms with E-state index in [-0.39, 0.29) is 17.3 Å². The molecule has 0 unspecified atom stereocenters. The van der Waals surface area contributed by atoms with Gasteiger partial charge in [-0.15, -0.1) is 0 Å². The highest BCUT2D eigenvalue weighted by atomic mass is 79.9. The van der Waals surface area contributed by atoms with Crippen LogP contribution in [0.5, 0.6) is 0 Å². The molecule has 0 aliphatic carbocycles. The Kier molecular flexibility index (Phi) is 6.23. The van der Waals surface area contributed by atoms with Crippen molar-refractivity contribution in [1.82, 2.24) is 15.4 Å². The fourth-order valence-corrected chi connectivity index (χ4v) is 2.68. The van der Waals surface area contributed by atoms with E-state index in [1.54, 1.807) is 29.2 Å². The number of rotatable bonds is 7. The number of hydrazine groups is 1. The molecular weight excluding hydrogens is 392 g/mol. The molecule has 1 aromatic heterocycles. The number of hydrogen-bond acceptors (Lipinski definition) is 7. The summed E-state index contributed by atoms with van der Waals surface area (Å²) in [6.07, 6.45) is 1.22. The van der Waals surface area contributed by atoms with Crippen LogP contribution >= 0.6 is 15.9 Å². The Morgan fingerprint density at radius 1 is 1.28 bits per heavy atom. The number of halogens is 1. The molecule has 2 rings (SSSR count). The van der Waals surface area contributed by atoms with E-state index in [2.05, 4.69) is 36.7 Å². The van der Waals surface area contributed by atoms with Gasteiger partial charge in [-0.2, -0.15) is 0 Å². The van der Waals surface area contributed by atoms with Crippen LogP contribution in [0, 0.1) is 10.1 Å². The molecule has 1 aromatic carbocycles. The second kappa shape index (κ2) is 8.38. The van der Waals surface area contributed by atoms with Gasteiger partial charge in [-0.3, -0.25) is 25.8 Å². The van der Waals surface area contributed by atoms with E-state index in [1.165, 1.54) is 6.33 Å². The molecule has 2 N–H and O–H groups in total. The number of nitrogens with zero attached hydrogens (tertiary/aromatic N) is 4. The summed E-state index contributed by atoms with van der Waals surface area (Å²) < 4.78 is 0.607. The Hall–Kier alpha value is -2.75. The van der Waals surface area contributed by atoms with Crippen LogP contribution < -0.4 is 15.8 Å². The molecule has 0 saturated carbocycles. The van der Waals surface area contributed by atoms with E-state index in [0.29, 0.717) is 23.1 Å². The van der Waals surface area contributed by atoms with E-state index in [1.807, 2.05) is 13.8 Å². The molecule has 0 spiro atoms. The van der Waals surface area contributed by atoms with Gasteiger partial charge in [0.05, 0.1) is 10.5 Å². The van der Waals surface area contributed by atoms with Crippen molar-refractivity contribution < 1.29 is 9.72 Å². The summed E-state index contributed by atoms with van der Waals surface area (Å²) in [4.78, 5) is 32.8. The first-order valence-electron chi connectivity index (χ1n) is 7.54. The summed E-state index contributed by atoms with van der Waals surface area (Å²) in [6.45, 7) is 4.85. The van der Waals surface area contributed by atoms with Crippen LogP contribution in [0.25, 0.3) is 0 Å². The summed E-state index contributed by atoms with van der Waals surface area (Å²) in [6, 6.07) is 6.84. The van der Waals surface area contributed by atoms with E-state index in [4.69, 9.17) is 0 Å². The van der Waals surface area contributed by atoms with Crippen molar-refractivity contribution in [3.05, 3.63) is 50.7 Å². The van der Waals surface area contributed by atoms with Crippen molar-refractivity contribution in [2.45, 2.75) is 13.8 Å². The predicted octanol–water partition coefficient (Wildman–Crippen LogP) is 2.75. The standard InChI is InChI=1S/C15H17BrN6O3/c1-3-21(4-2)14-12(22(24)25)13(17-9-18-14)19-20-15(23)10-7-5-6-8-11(10)16/h5-9H,3-4H2,1-2H3,(H,20,23)(H,17,18,19). The quantitative estimate of drug-likeness (QED) is 0.534. The van der Waals surface area contributed by atoms with Crippen LogP contribution in [0.4, 0.5) is 17.3 Å². The molecule has 9 nitrogen and oxygen atoms in total. The van der Waals surface area contributed by atoms with Gasteiger partial charge in [-0.1, -0.05) is 12.1 Å². The lowest BCUT2D eigenvalue weighted by molar-refractivity contribution is -0.383. The maximum absolute atomic E-state index is 12.2. The highest BCUT2D eigenvalue weighted by Crippen LogP contribution is 2.31. The lowest BCUT2D eigenvalue weighted by Gasteiger charge is -2.20. The molecule has 1 heterocycles. The van der Waals surface area contributed by atoms with Crippen LogP contribution in [0.3, 0.4) is 0 Å². The van der Waals surface area contributed by atoms with Crippen LogP contribution in [0.1, 0.15) is 24.2 Å². The molecule has 132 valence electrons. The van der Waals surface area contributed by atoms with Gasteiger partial charge in [0.25, 0.3) is 5.91 Å². The smallest absolute Gasteiger partial charge is 0.351 e. The maximum atomic E-state index is 12.2. The van der Waals surface area contributed by atoms with Gasteiger partial charge in [0.2, 0.25) is 11.6 Å².